The predicted octanol–water partition coefficient (Wildman–Crippen LogP) is 8.38. The summed E-state index contributed by atoms with van der Waals surface area (Å²) in [7, 11) is 4.64. The fourth-order valence-electron chi connectivity index (χ4n) is 6.38. The van der Waals surface area contributed by atoms with E-state index >= 15 is 0 Å². The predicted molar refractivity (Wildman–Crippen MR) is 348 cm³/mol. The van der Waals surface area contributed by atoms with Crippen molar-refractivity contribution in [1.82, 2.24) is 49.3 Å². The molecule has 0 atom stereocenters. The van der Waals surface area contributed by atoms with E-state index in [0.717, 1.165) is 0 Å². The number of hydrogen-bond donors (Lipinski definition) is 4. The Hall–Kier alpha value is -7.76. The molecule has 90 heavy (non-hydrogen) atoms. The molecule has 0 bridgehead atoms. The Bertz CT molecular complexity index is 3560. The van der Waals surface area contributed by atoms with Crippen LogP contribution in [0.3, 0.4) is 0 Å². The summed E-state index contributed by atoms with van der Waals surface area (Å²) in [6.07, 6.45) is 6.52. The third kappa shape index (κ3) is 28.4. The van der Waals surface area contributed by atoms with Gasteiger partial charge in [0.15, 0.2) is 16.4 Å². The molecule has 0 aliphatic carbocycles. The minimum atomic E-state index is -1.12. The average molecular weight is 1440 g/mol. The number of esters is 3. The maximum Gasteiger partial charge on any atom is 0.349 e. The van der Waals surface area contributed by atoms with Gasteiger partial charge >= 0.3 is 17.9 Å². The highest BCUT2D eigenvalue weighted by Gasteiger charge is 2.33. The molecule has 0 aliphatic rings. The second-order valence-corrected chi connectivity index (χ2v) is 24.6. The first-order chi connectivity index (χ1) is 41.9. The number of alkyl halides is 1. The Morgan fingerprint density at radius 1 is 0.533 bits per heavy atom. The number of nitrogens with zero attached hydrogens (tertiary/aromatic N) is 10. The number of hydrogen-bond acceptors (Lipinski definition) is 23. The number of halogens is 5. The number of pyridine rings is 4. The smallest absolute Gasteiger partial charge is 0.349 e. The van der Waals surface area contributed by atoms with E-state index in [-0.39, 0.29) is 51.9 Å². The van der Waals surface area contributed by atoms with Crippen LogP contribution in [0.1, 0.15) is 98.7 Å². The molecule has 26 nitrogen and oxygen atoms in total. The first-order valence-electron chi connectivity index (χ1n) is 27.1. The molecule has 0 saturated carbocycles. The number of ether oxygens (including phenoxy) is 6. The zero-order chi connectivity index (χ0) is 68.3. The quantitative estimate of drug-likeness (QED) is 0.0377. The van der Waals surface area contributed by atoms with Crippen LogP contribution in [0.15, 0.2) is 110 Å². The van der Waals surface area contributed by atoms with Crippen molar-refractivity contribution in [2.24, 2.45) is 21.1 Å². The zero-order valence-corrected chi connectivity index (χ0v) is 57.7. The fraction of sp³-hybridized carbons (Fsp3) is 0.407. The average Bonchev–Trinajstić information content (AvgIpc) is 2.28. The van der Waals surface area contributed by atoms with E-state index in [1.54, 1.807) is 146 Å². The van der Waals surface area contributed by atoms with E-state index in [9.17, 15) is 33.9 Å². The molecular formula is C59H75Br2Cl3N12O14. The number of nitrogen functional groups attached to an aromatic ring is 2. The molecule has 0 fully saturated rings. The van der Waals surface area contributed by atoms with Crippen LogP contribution >= 0.6 is 66.7 Å². The molecule has 0 saturated heterocycles. The summed E-state index contributed by atoms with van der Waals surface area (Å²) in [5.41, 5.74) is 9.61. The van der Waals surface area contributed by atoms with Crippen molar-refractivity contribution in [1.29, 1.82) is 0 Å². The van der Waals surface area contributed by atoms with Gasteiger partial charge < -0.3 is 50.1 Å². The molecule has 7 aromatic rings. The van der Waals surface area contributed by atoms with Gasteiger partial charge in [0.05, 0.1) is 55.7 Å². The summed E-state index contributed by atoms with van der Waals surface area (Å²) in [6, 6.07) is 17.8. The Labute approximate surface area is 552 Å². The van der Waals surface area contributed by atoms with Crippen LogP contribution in [0.25, 0.3) is 0 Å². The van der Waals surface area contributed by atoms with Crippen molar-refractivity contribution >= 4 is 96.2 Å². The SMILES string of the molecule is CCOC(=O)C(C)(C)Br.CCOC(=O)C(C)(C)Oc1ccc(Cc2cc(Cl)nn(C)c2=O)nc1.CCOC(=O)C(C)(C)Oc1ccc(N)nc1.Cn1nc(Cl)cc(Br)c1=O.Cn1nc(Cl)cc(Cc2ccc(OC(C)(C)CO)cn2)c1=O.Nc1ccc(O)cn1. The third-order valence-corrected chi connectivity index (χ3v) is 12.3. The van der Waals surface area contributed by atoms with Crippen LogP contribution in [-0.4, -0.2) is 125 Å². The van der Waals surface area contributed by atoms with Gasteiger partial charge in [0.1, 0.15) is 54.9 Å². The minimum absolute atomic E-state index is 0.0969. The second kappa shape index (κ2) is 36.8. The van der Waals surface area contributed by atoms with Gasteiger partial charge in [-0.15, -0.1) is 0 Å². The first-order valence-corrected chi connectivity index (χ1v) is 29.8. The lowest BCUT2D eigenvalue weighted by molar-refractivity contribution is -0.159. The lowest BCUT2D eigenvalue weighted by Crippen LogP contribution is -2.39. The molecular weight excluding hydrogens is 1370 g/mol. The van der Waals surface area contributed by atoms with Crippen molar-refractivity contribution in [3.8, 4) is 23.0 Å². The number of aliphatic hydroxyl groups is 1. The zero-order valence-electron chi connectivity index (χ0n) is 52.2. The molecule has 0 radical (unpaired) electrons. The van der Waals surface area contributed by atoms with Crippen LogP contribution in [0.2, 0.25) is 15.5 Å². The van der Waals surface area contributed by atoms with Crippen LogP contribution < -0.4 is 42.4 Å². The number of rotatable bonds is 17. The number of aromatic hydroxyl groups is 1. The number of aromatic nitrogens is 10. The van der Waals surface area contributed by atoms with Crippen LogP contribution in [0, 0.1) is 0 Å². The Morgan fingerprint density at radius 3 is 1.20 bits per heavy atom. The van der Waals surface area contributed by atoms with Gasteiger partial charge in [0.25, 0.3) is 16.7 Å². The molecule has 7 rings (SSSR count). The van der Waals surface area contributed by atoms with Gasteiger partial charge in [-0.2, -0.15) is 15.3 Å². The van der Waals surface area contributed by atoms with Crippen molar-refractivity contribution in [2.45, 2.75) is 110 Å². The van der Waals surface area contributed by atoms with Crippen molar-refractivity contribution in [2.75, 3.05) is 37.9 Å². The standard InChI is InChI=1S/C17H20ClN3O4.C15H18ClN3O3.C11H16N2O3.C6H11BrO2.C5H4BrClN2O.C5H6N2O/c1-5-24-16(23)17(2,3)25-13-7-6-12(19-10-13)8-11-9-14(18)20-21(4)15(11)22;1-15(2,9-20)22-12-5-4-11(17-8-12)6-10-7-13(16)18-19(3)14(10)21;1-4-15-10(14)11(2,3)16-8-5-6-9(12)13-7-8;1-4-9-5(8)6(2,3)7;1-9-5(10)3(6)2-4(7)8-9;6-5-2-1-4(8)3-7-5/h6-7,9-10H,5,8H2,1-4H3;4-5,7-8,20H,6,9H2,1-3H3;5-7H,4H2,1-3H3,(H2,12,13);4H2,1-3H3;2H,1H3;1-3,8H,(H2,6,7). The summed E-state index contributed by atoms with van der Waals surface area (Å²) < 4.78 is 34.8. The molecule has 31 heteroatoms. The summed E-state index contributed by atoms with van der Waals surface area (Å²) >= 11 is 23.5. The topological polar surface area (TPSA) is 355 Å². The monoisotopic (exact) mass is 1440 g/mol. The van der Waals surface area contributed by atoms with E-state index in [0.29, 0.717) is 87.1 Å². The number of carbonyl (C=O) groups excluding carboxylic acids is 3. The Balaban J connectivity index is 0.000000387. The van der Waals surface area contributed by atoms with E-state index < -0.39 is 33.1 Å². The van der Waals surface area contributed by atoms with Gasteiger partial charge in [-0.3, -0.25) is 29.1 Å². The molecule has 0 aliphatic heterocycles. The molecule has 7 aromatic heterocycles. The maximum absolute atomic E-state index is 12.1. The molecule has 0 aromatic carbocycles. The number of anilines is 2. The number of aryl methyl sites for hydroxylation is 3. The van der Waals surface area contributed by atoms with E-state index in [1.165, 1.54) is 56.9 Å². The summed E-state index contributed by atoms with van der Waals surface area (Å²) in [5.74, 6) is 1.35. The summed E-state index contributed by atoms with van der Waals surface area (Å²) in [5, 5.41) is 30.0. The van der Waals surface area contributed by atoms with Gasteiger partial charge in [0.2, 0.25) is 0 Å². The van der Waals surface area contributed by atoms with E-state index in [4.69, 9.17) is 79.8 Å². The molecule has 0 amide bonds. The van der Waals surface area contributed by atoms with Crippen molar-refractivity contribution < 1.29 is 53.0 Å². The normalized spacial score (nSPS) is 10.9. The lowest BCUT2D eigenvalue weighted by Gasteiger charge is -2.23. The highest BCUT2D eigenvalue weighted by Crippen LogP contribution is 2.23. The van der Waals surface area contributed by atoms with Crippen LogP contribution in [0.5, 0.6) is 23.0 Å². The fourth-order valence-corrected chi connectivity index (χ4v) is 7.81. The molecule has 7 heterocycles. The lowest BCUT2D eigenvalue weighted by atomic mass is 10.1. The molecule has 0 spiro atoms. The molecule has 6 N–H and O–H groups in total. The molecule has 490 valence electrons. The summed E-state index contributed by atoms with van der Waals surface area (Å²) in [6.45, 7) is 19.8. The minimum Gasteiger partial charge on any atom is -0.506 e. The second-order valence-electron chi connectivity index (χ2n) is 20.6. The van der Waals surface area contributed by atoms with E-state index in [2.05, 4.69) is 67.1 Å². The largest absolute Gasteiger partial charge is 0.506 e. The van der Waals surface area contributed by atoms with E-state index in [1.807, 2.05) is 0 Å². The van der Waals surface area contributed by atoms with Gasteiger partial charge in [-0.05, 0) is 159 Å². The summed E-state index contributed by atoms with van der Waals surface area (Å²) in [4.78, 5) is 85.2. The highest BCUT2D eigenvalue weighted by molar-refractivity contribution is 9.10. The molecule has 0 unspecified atom stereocenters. The van der Waals surface area contributed by atoms with Crippen LogP contribution in [-0.2, 0) is 62.6 Å². The number of aliphatic hydroxyl groups excluding tert-OH is 1. The Kier molecular flexibility index (Phi) is 32.0. The Morgan fingerprint density at radius 2 is 0.889 bits per heavy atom. The first kappa shape index (κ1) is 78.3. The third-order valence-electron chi connectivity index (χ3n) is 10.9. The van der Waals surface area contributed by atoms with Crippen molar-refractivity contribution in [3.63, 3.8) is 0 Å². The van der Waals surface area contributed by atoms with Gasteiger partial charge in [-0.25, -0.2) is 33.6 Å². The van der Waals surface area contributed by atoms with Crippen LogP contribution in [0.4, 0.5) is 11.6 Å². The van der Waals surface area contributed by atoms with Crippen molar-refractivity contribution in [3.05, 3.63) is 165 Å². The van der Waals surface area contributed by atoms with Gasteiger partial charge in [0, 0.05) is 56.5 Å². The maximum atomic E-state index is 12.1. The number of nitrogens with two attached hydrogens (primary N) is 2. The number of carbonyl (C=O) groups is 3. The van der Waals surface area contributed by atoms with Gasteiger partial charge in [-0.1, -0.05) is 50.7 Å². The highest BCUT2D eigenvalue weighted by atomic mass is 79.9.